The van der Waals surface area contributed by atoms with Crippen molar-refractivity contribution < 1.29 is 9.59 Å². The average molecular weight is 438 g/mol. The molecule has 1 unspecified atom stereocenters. The van der Waals surface area contributed by atoms with Crippen molar-refractivity contribution in [2.75, 3.05) is 72.0 Å². The van der Waals surface area contributed by atoms with E-state index in [1.165, 1.54) is 6.42 Å². The Labute approximate surface area is 182 Å². The summed E-state index contributed by atoms with van der Waals surface area (Å²) in [4.78, 5) is 33.5. The quantitative estimate of drug-likeness (QED) is 0.684. The van der Waals surface area contributed by atoms with Crippen molar-refractivity contribution in [3.8, 4) is 0 Å². The molecule has 1 atom stereocenters. The second-order valence-corrected chi connectivity index (χ2v) is 7.93. The van der Waals surface area contributed by atoms with Crippen LogP contribution in [0, 0.1) is 0 Å². The Kier molecular flexibility index (Phi) is 11.7. The number of nitrogens with zero attached hydrogens (tertiary/aromatic N) is 4. The highest BCUT2D eigenvalue weighted by Gasteiger charge is 2.26. The van der Waals surface area contributed by atoms with E-state index in [9.17, 15) is 9.59 Å². The maximum absolute atomic E-state index is 12.6. The van der Waals surface area contributed by atoms with Crippen molar-refractivity contribution in [3.05, 3.63) is 0 Å². The minimum Gasteiger partial charge on any atom is -0.340 e. The van der Waals surface area contributed by atoms with Gasteiger partial charge in [-0.05, 0) is 26.2 Å². The van der Waals surface area contributed by atoms with Crippen molar-refractivity contribution in [2.24, 2.45) is 0 Å². The van der Waals surface area contributed by atoms with E-state index in [1.54, 1.807) is 0 Å². The molecule has 0 aromatic rings. The highest BCUT2D eigenvalue weighted by molar-refractivity contribution is 5.85. The van der Waals surface area contributed by atoms with E-state index >= 15 is 0 Å². The van der Waals surface area contributed by atoms with E-state index in [0.29, 0.717) is 24.9 Å². The van der Waals surface area contributed by atoms with Crippen LogP contribution in [-0.4, -0.2) is 109 Å². The highest BCUT2D eigenvalue weighted by atomic mass is 35.5. The first kappa shape index (κ1) is 25.4. The molecule has 7 nitrogen and oxygen atoms in total. The van der Waals surface area contributed by atoms with Gasteiger partial charge in [-0.25, -0.2) is 0 Å². The van der Waals surface area contributed by atoms with Gasteiger partial charge in [0.05, 0.1) is 6.54 Å². The molecule has 3 heterocycles. The van der Waals surface area contributed by atoms with Crippen LogP contribution in [-0.2, 0) is 9.59 Å². The third-order valence-corrected chi connectivity index (χ3v) is 6.06. The zero-order chi connectivity index (χ0) is 18.4. The summed E-state index contributed by atoms with van der Waals surface area (Å²) in [6.45, 7) is 11.8. The lowest BCUT2D eigenvalue weighted by Crippen LogP contribution is -2.52. The largest absolute Gasteiger partial charge is 0.340 e. The third-order valence-electron chi connectivity index (χ3n) is 6.06. The van der Waals surface area contributed by atoms with Gasteiger partial charge >= 0.3 is 0 Å². The van der Waals surface area contributed by atoms with Crippen LogP contribution in [0.1, 0.15) is 32.6 Å². The van der Waals surface area contributed by atoms with Crippen LogP contribution in [0.4, 0.5) is 0 Å². The number of carbonyl (C=O) groups is 2. The molecule has 0 radical (unpaired) electrons. The number of hydrogen-bond donors (Lipinski definition) is 1. The Hall–Kier alpha value is -0.600. The maximum atomic E-state index is 12.6. The molecule has 0 aliphatic carbocycles. The molecule has 3 aliphatic heterocycles. The zero-order valence-corrected chi connectivity index (χ0v) is 18.7. The number of carbonyl (C=O) groups excluding carboxylic acids is 2. The summed E-state index contributed by atoms with van der Waals surface area (Å²) in [5, 5.41) is 3.28. The van der Waals surface area contributed by atoms with Gasteiger partial charge in [0.1, 0.15) is 0 Å². The monoisotopic (exact) mass is 437 g/mol. The van der Waals surface area contributed by atoms with E-state index in [-0.39, 0.29) is 30.7 Å². The van der Waals surface area contributed by atoms with Gasteiger partial charge < -0.3 is 20.0 Å². The standard InChI is InChI=1S/C19H35N5O2.2ClH/c1-17-4-2-3-8-24(17)19(26)16-22-14-12-21(13-15-22)9-5-18(25)23-10-6-20-7-11-23;;/h17,20H,2-16H2,1H3;2*1H. The first-order valence-electron chi connectivity index (χ1n) is 10.4. The van der Waals surface area contributed by atoms with Gasteiger partial charge in [0.25, 0.3) is 0 Å². The van der Waals surface area contributed by atoms with Crippen LogP contribution in [0.2, 0.25) is 0 Å². The number of nitrogens with one attached hydrogen (secondary N) is 1. The van der Waals surface area contributed by atoms with Gasteiger partial charge in [-0.1, -0.05) is 0 Å². The predicted molar refractivity (Wildman–Crippen MR) is 116 cm³/mol. The lowest BCUT2D eigenvalue weighted by Gasteiger charge is -2.38. The number of rotatable bonds is 5. The second-order valence-electron chi connectivity index (χ2n) is 7.93. The van der Waals surface area contributed by atoms with E-state index in [0.717, 1.165) is 78.3 Å². The van der Waals surface area contributed by atoms with E-state index in [2.05, 4.69) is 26.9 Å². The zero-order valence-electron chi connectivity index (χ0n) is 17.1. The Morgan fingerprint density at radius 2 is 1.50 bits per heavy atom. The Bertz CT molecular complexity index is 483. The molecule has 0 bridgehead atoms. The summed E-state index contributed by atoms with van der Waals surface area (Å²) in [5.74, 6) is 0.572. The lowest BCUT2D eigenvalue weighted by molar-refractivity contribution is -0.136. The molecular weight excluding hydrogens is 401 g/mol. The van der Waals surface area contributed by atoms with E-state index in [1.807, 2.05) is 4.90 Å². The SMILES string of the molecule is CC1CCCCN1C(=O)CN1CCN(CCC(=O)N2CCNCC2)CC1.Cl.Cl. The first-order valence-corrected chi connectivity index (χ1v) is 10.4. The van der Waals surface area contributed by atoms with Crippen molar-refractivity contribution in [2.45, 2.75) is 38.6 Å². The van der Waals surface area contributed by atoms with Crippen molar-refractivity contribution in [1.82, 2.24) is 24.9 Å². The second kappa shape index (κ2) is 12.9. The summed E-state index contributed by atoms with van der Waals surface area (Å²) in [6.07, 6.45) is 4.14. The Morgan fingerprint density at radius 3 is 2.14 bits per heavy atom. The molecule has 3 saturated heterocycles. The average Bonchev–Trinajstić information content (AvgIpc) is 2.68. The number of likely N-dealkylation sites (tertiary alicyclic amines) is 1. The molecule has 3 fully saturated rings. The molecule has 0 spiro atoms. The Balaban J connectivity index is 0.00000196. The normalized spacial score (nSPS) is 24.2. The molecular formula is C19H37Cl2N5O2. The molecule has 3 aliphatic rings. The van der Waals surface area contributed by atoms with Crippen LogP contribution in [0.3, 0.4) is 0 Å². The van der Waals surface area contributed by atoms with Crippen LogP contribution in [0.25, 0.3) is 0 Å². The summed E-state index contributed by atoms with van der Waals surface area (Å²) in [6, 6.07) is 0.397. The van der Waals surface area contributed by atoms with Gasteiger partial charge in [-0.15, -0.1) is 24.8 Å². The van der Waals surface area contributed by atoms with Gasteiger partial charge in [-0.2, -0.15) is 0 Å². The fourth-order valence-electron chi connectivity index (χ4n) is 4.25. The van der Waals surface area contributed by atoms with E-state index < -0.39 is 0 Å². The number of hydrogen-bond acceptors (Lipinski definition) is 5. The summed E-state index contributed by atoms with van der Waals surface area (Å²) >= 11 is 0. The number of halogens is 2. The molecule has 9 heteroatoms. The van der Waals surface area contributed by atoms with Gasteiger partial charge in [-0.3, -0.25) is 14.5 Å². The molecule has 0 saturated carbocycles. The fraction of sp³-hybridized carbons (Fsp3) is 0.895. The van der Waals surface area contributed by atoms with Crippen molar-refractivity contribution in [1.29, 1.82) is 0 Å². The topological polar surface area (TPSA) is 59.1 Å². The molecule has 3 rings (SSSR count). The van der Waals surface area contributed by atoms with Crippen molar-refractivity contribution in [3.63, 3.8) is 0 Å². The number of piperidine rings is 1. The molecule has 0 aromatic carbocycles. The molecule has 1 N–H and O–H groups in total. The fourth-order valence-corrected chi connectivity index (χ4v) is 4.25. The molecule has 164 valence electrons. The van der Waals surface area contributed by atoms with Crippen LogP contribution in [0.15, 0.2) is 0 Å². The number of piperazine rings is 2. The minimum atomic E-state index is 0. The molecule has 2 amide bonds. The first-order chi connectivity index (χ1) is 12.6. The predicted octanol–water partition coefficient (Wildman–Crippen LogP) is 0.671. The summed E-state index contributed by atoms with van der Waals surface area (Å²) in [7, 11) is 0. The van der Waals surface area contributed by atoms with Gasteiger partial charge in [0.2, 0.25) is 11.8 Å². The summed E-state index contributed by atoms with van der Waals surface area (Å²) < 4.78 is 0. The van der Waals surface area contributed by atoms with Gasteiger partial charge in [0, 0.05) is 77.9 Å². The highest BCUT2D eigenvalue weighted by Crippen LogP contribution is 2.17. The van der Waals surface area contributed by atoms with Crippen LogP contribution >= 0.6 is 24.8 Å². The smallest absolute Gasteiger partial charge is 0.236 e. The third kappa shape index (κ3) is 7.34. The minimum absolute atomic E-state index is 0. The molecule has 0 aromatic heterocycles. The summed E-state index contributed by atoms with van der Waals surface area (Å²) in [5.41, 5.74) is 0. The van der Waals surface area contributed by atoms with Gasteiger partial charge in [0.15, 0.2) is 0 Å². The Morgan fingerprint density at radius 1 is 0.857 bits per heavy atom. The van der Waals surface area contributed by atoms with Crippen LogP contribution in [0.5, 0.6) is 0 Å². The van der Waals surface area contributed by atoms with Crippen LogP contribution < -0.4 is 5.32 Å². The molecule has 28 heavy (non-hydrogen) atoms. The lowest BCUT2D eigenvalue weighted by atomic mass is 10.0. The van der Waals surface area contributed by atoms with Crippen molar-refractivity contribution >= 4 is 36.6 Å². The maximum Gasteiger partial charge on any atom is 0.236 e. The van der Waals surface area contributed by atoms with E-state index in [4.69, 9.17) is 0 Å². The number of amides is 2.